The van der Waals surface area contributed by atoms with Gasteiger partial charge in [-0.2, -0.15) is 5.26 Å². The molecule has 0 bridgehead atoms. The quantitative estimate of drug-likeness (QED) is 0.313. The molecule has 8 nitrogen and oxygen atoms in total. The number of nitrogens with zero attached hydrogens (tertiary/aromatic N) is 3. The fourth-order valence-corrected chi connectivity index (χ4v) is 3.25. The van der Waals surface area contributed by atoms with Crippen LogP contribution in [0.2, 0.25) is 0 Å². The van der Waals surface area contributed by atoms with Crippen LogP contribution in [0.15, 0.2) is 72.9 Å². The molecular formula is C24H18N4O4. The van der Waals surface area contributed by atoms with Crippen molar-refractivity contribution in [3.63, 3.8) is 0 Å². The Balaban J connectivity index is 1.63. The first-order valence-electron chi connectivity index (χ1n) is 9.68. The van der Waals surface area contributed by atoms with E-state index in [0.29, 0.717) is 34.6 Å². The van der Waals surface area contributed by atoms with E-state index in [2.05, 4.69) is 16.4 Å². The number of hydrogen-bond donors (Lipinski definition) is 1. The van der Waals surface area contributed by atoms with Crippen LogP contribution in [0.1, 0.15) is 11.1 Å². The van der Waals surface area contributed by atoms with Gasteiger partial charge in [-0.25, -0.2) is 0 Å². The molecule has 4 rings (SSSR count). The monoisotopic (exact) mass is 426 g/mol. The summed E-state index contributed by atoms with van der Waals surface area (Å²) in [5.74, 6) is 0.797. The lowest BCUT2D eigenvalue weighted by Gasteiger charge is -2.13. The van der Waals surface area contributed by atoms with E-state index >= 15 is 0 Å². The number of aromatic nitrogens is 1. The van der Waals surface area contributed by atoms with Crippen molar-refractivity contribution in [2.75, 3.05) is 12.4 Å². The van der Waals surface area contributed by atoms with Gasteiger partial charge in [-0.1, -0.05) is 30.3 Å². The van der Waals surface area contributed by atoms with E-state index < -0.39 is 4.92 Å². The Bertz CT molecular complexity index is 1320. The average Bonchev–Trinajstić information content (AvgIpc) is 2.83. The number of fused-ring (bicyclic) bond motifs is 1. The Kier molecular flexibility index (Phi) is 5.81. The molecule has 1 aromatic heterocycles. The first-order valence-corrected chi connectivity index (χ1v) is 9.68. The highest BCUT2D eigenvalue weighted by molar-refractivity contribution is 5.98. The average molecular weight is 426 g/mol. The van der Waals surface area contributed by atoms with Gasteiger partial charge in [-0.15, -0.1) is 0 Å². The van der Waals surface area contributed by atoms with Gasteiger partial charge >= 0.3 is 5.69 Å². The lowest BCUT2D eigenvalue weighted by molar-refractivity contribution is -0.385. The maximum Gasteiger partial charge on any atom is 0.311 e. The first-order chi connectivity index (χ1) is 15.6. The third kappa shape index (κ3) is 4.27. The van der Waals surface area contributed by atoms with Crippen LogP contribution in [0.3, 0.4) is 0 Å². The number of ether oxygens (including phenoxy) is 2. The third-order valence-corrected chi connectivity index (χ3v) is 4.86. The molecule has 1 N–H and O–H groups in total. The summed E-state index contributed by atoms with van der Waals surface area (Å²) in [5, 5.41) is 24.6. The van der Waals surface area contributed by atoms with Crippen molar-refractivity contribution in [3.05, 3.63) is 94.2 Å². The van der Waals surface area contributed by atoms with Gasteiger partial charge in [0.15, 0.2) is 5.75 Å². The summed E-state index contributed by atoms with van der Waals surface area (Å²) in [6.45, 7) is 0.451. The van der Waals surface area contributed by atoms with Crippen LogP contribution in [-0.4, -0.2) is 17.0 Å². The van der Waals surface area contributed by atoms with Gasteiger partial charge in [0.2, 0.25) is 0 Å². The van der Waals surface area contributed by atoms with Gasteiger partial charge in [0.05, 0.1) is 28.8 Å². The van der Waals surface area contributed by atoms with Crippen molar-refractivity contribution in [1.82, 2.24) is 4.98 Å². The molecule has 0 fully saturated rings. The number of nitro benzene ring substituents is 1. The molecule has 0 aliphatic carbocycles. The van der Waals surface area contributed by atoms with E-state index in [1.165, 1.54) is 25.4 Å². The Morgan fingerprint density at radius 1 is 1.12 bits per heavy atom. The highest BCUT2D eigenvalue weighted by atomic mass is 16.6. The molecule has 1 heterocycles. The van der Waals surface area contributed by atoms with Crippen LogP contribution >= 0.6 is 0 Å². The van der Waals surface area contributed by atoms with E-state index in [1.54, 1.807) is 0 Å². The molecule has 32 heavy (non-hydrogen) atoms. The molecule has 0 aliphatic rings. The van der Waals surface area contributed by atoms with Gasteiger partial charge in [0, 0.05) is 29.4 Å². The van der Waals surface area contributed by atoms with Gasteiger partial charge in [0.1, 0.15) is 18.4 Å². The van der Waals surface area contributed by atoms with Gasteiger partial charge in [0.25, 0.3) is 0 Å². The summed E-state index contributed by atoms with van der Waals surface area (Å²) in [5.41, 5.74) is 2.72. The lowest BCUT2D eigenvalue weighted by atomic mass is 10.1. The Morgan fingerprint density at radius 2 is 1.88 bits per heavy atom. The smallest absolute Gasteiger partial charge is 0.311 e. The maximum absolute atomic E-state index is 11.5. The fraction of sp³-hybridized carbons (Fsp3) is 0.0833. The Labute approximate surface area is 183 Å². The van der Waals surface area contributed by atoms with Crippen LogP contribution in [-0.2, 0) is 6.61 Å². The van der Waals surface area contributed by atoms with Crippen LogP contribution in [0.4, 0.5) is 17.1 Å². The largest absolute Gasteiger partial charge is 0.490 e. The van der Waals surface area contributed by atoms with Crippen molar-refractivity contribution in [2.45, 2.75) is 6.61 Å². The van der Waals surface area contributed by atoms with Crippen LogP contribution in [0, 0.1) is 21.4 Å². The number of nitriles is 1. The van der Waals surface area contributed by atoms with Crippen molar-refractivity contribution >= 4 is 28.0 Å². The van der Waals surface area contributed by atoms with E-state index in [-0.39, 0.29) is 17.0 Å². The molecule has 8 heteroatoms. The number of hydrogen-bond acceptors (Lipinski definition) is 7. The van der Waals surface area contributed by atoms with Crippen molar-refractivity contribution in [1.29, 1.82) is 5.26 Å². The zero-order valence-corrected chi connectivity index (χ0v) is 17.1. The summed E-state index contributed by atoms with van der Waals surface area (Å²) >= 11 is 0. The molecule has 0 amide bonds. The highest BCUT2D eigenvalue weighted by Gasteiger charge is 2.20. The predicted octanol–water partition coefficient (Wildman–Crippen LogP) is 5.35. The Morgan fingerprint density at radius 3 is 2.53 bits per heavy atom. The van der Waals surface area contributed by atoms with E-state index in [1.807, 2.05) is 54.6 Å². The van der Waals surface area contributed by atoms with Crippen LogP contribution < -0.4 is 14.8 Å². The molecule has 0 unspecified atom stereocenters. The molecular weight excluding hydrogens is 408 g/mol. The number of methoxy groups -OCH3 is 1. The van der Waals surface area contributed by atoms with Crippen LogP contribution in [0.25, 0.3) is 10.9 Å². The molecule has 0 radical (unpaired) electrons. The number of nitro groups is 1. The minimum absolute atomic E-state index is 0.102. The van der Waals surface area contributed by atoms with Crippen molar-refractivity contribution in [2.24, 2.45) is 0 Å². The number of benzene rings is 3. The topological polar surface area (TPSA) is 110 Å². The zero-order chi connectivity index (χ0) is 22.5. The molecule has 0 atom stereocenters. The fourth-order valence-electron chi connectivity index (χ4n) is 3.25. The number of anilines is 2. The summed E-state index contributed by atoms with van der Waals surface area (Å²) in [7, 11) is 1.36. The number of rotatable bonds is 7. The normalized spacial score (nSPS) is 10.4. The molecule has 4 aromatic rings. The highest BCUT2D eigenvalue weighted by Crippen LogP contribution is 2.37. The second-order valence-corrected chi connectivity index (χ2v) is 6.88. The number of pyridine rings is 1. The third-order valence-electron chi connectivity index (χ3n) is 4.86. The van der Waals surface area contributed by atoms with Gasteiger partial charge < -0.3 is 14.8 Å². The SMILES string of the molecule is COc1cc2ncc(C#N)c(Nc3ccc(OCc4ccccc4)cc3)c2cc1[N+](=O)[O-]. The van der Waals surface area contributed by atoms with E-state index in [0.717, 1.165) is 5.56 Å². The summed E-state index contributed by atoms with van der Waals surface area (Å²) in [6.07, 6.45) is 1.42. The summed E-state index contributed by atoms with van der Waals surface area (Å²) < 4.78 is 10.9. The summed E-state index contributed by atoms with van der Waals surface area (Å²) in [6, 6.07) is 22.0. The zero-order valence-electron chi connectivity index (χ0n) is 17.1. The maximum atomic E-state index is 11.5. The van der Waals surface area contributed by atoms with Gasteiger partial charge in [-0.05, 0) is 29.8 Å². The van der Waals surface area contributed by atoms with Crippen molar-refractivity contribution < 1.29 is 14.4 Å². The predicted molar refractivity (Wildman–Crippen MR) is 120 cm³/mol. The number of nitrogens with one attached hydrogen (secondary N) is 1. The van der Waals surface area contributed by atoms with E-state index in [9.17, 15) is 15.4 Å². The molecule has 3 aromatic carbocycles. The summed E-state index contributed by atoms with van der Waals surface area (Å²) in [4.78, 5) is 15.2. The van der Waals surface area contributed by atoms with Crippen molar-refractivity contribution in [3.8, 4) is 17.6 Å². The molecule has 158 valence electrons. The molecule has 0 saturated heterocycles. The molecule has 0 spiro atoms. The second kappa shape index (κ2) is 9.02. The molecule has 0 saturated carbocycles. The first kappa shape index (κ1) is 20.6. The van der Waals surface area contributed by atoms with Gasteiger partial charge in [-0.3, -0.25) is 15.1 Å². The van der Waals surface area contributed by atoms with E-state index in [4.69, 9.17) is 9.47 Å². The Hall–Kier alpha value is -4.64. The standard InChI is InChI=1S/C24H18N4O4/c1-31-23-12-21-20(11-22(23)28(29)30)24(17(13-25)14-26-21)27-18-7-9-19(10-8-18)32-15-16-5-3-2-4-6-16/h2-12,14H,15H2,1H3,(H,26,27). The van der Waals surface area contributed by atoms with Crippen LogP contribution in [0.5, 0.6) is 11.5 Å². The molecule has 0 aliphatic heterocycles. The second-order valence-electron chi connectivity index (χ2n) is 6.88. The lowest BCUT2D eigenvalue weighted by Crippen LogP contribution is -2.00. The minimum Gasteiger partial charge on any atom is -0.490 e. The minimum atomic E-state index is -0.528.